The molecule has 0 spiro atoms. The van der Waals surface area contributed by atoms with Crippen molar-refractivity contribution in [2.45, 2.75) is 82.9 Å². The van der Waals surface area contributed by atoms with Crippen LogP contribution in [0.1, 0.15) is 58.1 Å². The van der Waals surface area contributed by atoms with Crippen LogP contribution in [0.4, 0.5) is 0 Å². The van der Waals surface area contributed by atoms with Crippen LogP contribution in [0.2, 0.25) is 18.1 Å². The van der Waals surface area contributed by atoms with Gasteiger partial charge in [-0.3, -0.25) is 0 Å². The maximum absolute atomic E-state index is 9.93. The lowest BCUT2D eigenvalue weighted by Crippen LogP contribution is -2.42. The van der Waals surface area contributed by atoms with E-state index in [2.05, 4.69) is 39.9 Å². The SMILES string of the molecule is COc1ccccc1C(CO[Si](C)(C)C(C)(C)C)OC1C[C@H]2CC(O)C[C@H]2C1. The van der Waals surface area contributed by atoms with Crippen LogP contribution in [0.5, 0.6) is 5.75 Å². The molecule has 1 N–H and O–H groups in total. The highest BCUT2D eigenvalue weighted by atomic mass is 28.4. The predicted octanol–water partition coefficient (Wildman–Crippen LogP) is 5.32. The molecule has 0 bridgehead atoms. The van der Waals surface area contributed by atoms with Gasteiger partial charge in [-0.1, -0.05) is 39.0 Å². The Morgan fingerprint density at radius 2 is 1.68 bits per heavy atom. The van der Waals surface area contributed by atoms with Crippen LogP contribution in [0.25, 0.3) is 0 Å². The fraction of sp³-hybridized carbons (Fsp3) is 0.739. The summed E-state index contributed by atoms with van der Waals surface area (Å²) in [6.45, 7) is 11.9. The molecule has 1 aromatic carbocycles. The number of hydrogen-bond acceptors (Lipinski definition) is 4. The highest BCUT2D eigenvalue weighted by molar-refractivity contribution is 6.74. The quantitative estimate of drug-likeness (QED) is 0.622. The van der Waals surface area contributed by atoms with Gasteiger partial charge in [-0.2, -0.15) is 0 Å². The van der Waals surface area contributed by atoms with Crippen molar-refractivity contribution in [1.82, 2.24) is 0 Å². The van der Waals surface area contributed by atoms with Crippen LogP contribution >= 0.6 is 0 Å². The van der Waals surface area contributed by atoms with E-state index in [9.17, 15) is 5.11 Å². The van der Waals surface area contributed by atoms with Gasteiger partial charge < -0.3 is 19.0 Å². The highest BCUT2D eigenvalue weighted by Crippen LogP contribution is 2.47. The maximum Gasteiger partial charge on any atom is 0.192 e. The van der Waals surface area contributed by atoms with Crippen LogP contribution < -0.4 is 4.74 Å². The van der Waals surface area contributed by atoms with Crippen LogP contribution in [0.3, 0.4) is 0 Å². The minimum Gasteiger partial charge on any atom is -0.496 e. The number of ether oxygens (including phenoxy) is 2. The Balaban J connectivity index is 1.74. The molecule has 0 aliphatic heterocycles. The maximum atomic E-state index is 9.93. The molecule has 28 heavy (non-hydrogen) atoms. The zero-order valence-corrected chi connectivity index (χ0v) is 19.4. The number of hydrogen-bond donors (Lipinski definition) is 1. The molecule has 0 radical (unpaired) electrons. The topological polar surface area (TPSA) is 47.9 Å². The standard InChI is InChI=1S/C23H38O4Si/c1-23(2,3)28(5,6)26-15-22(20-9-7-8-10-21(20)25-4)27-19-13-16-11-18(24)12-17(16)14-19/h7-10,16-19,22,24H,11-15H2,1-6H3/t16-,17+,18?,19?,22?. The second-order valence-corrected chi connectivity index (χ2v) is 15.0. The molecule has 0 amide bonds. The summed E-state index contributed by atoms with van der Waals surface area (Å²) in [7, 11) is -0.155. The summed E-state index contributed by atoms with van der Waals surface area (Å²) in [5, 5.41) is 10.1. The van der Waals surface area contributed by atoms with Crippen molar-refractivity contribution < 1.29 is 19.0 Å². The van der Waals surface area contributed by atoms with Crippen LogP contribution in [-0.4, -0.2) is 39.3 Å². The second kappa shape index (κ2) is 8.47. The first-order chi connectivity index (χ1) is 13.1. The third kappa shape index (κ3) is 4.81. The van der Waals surface area contributed by atoms with Gasteiger partial charge in [0.25, 0.3) is 0 Å². The first kappa shape index (κ1) is 21.8. The number of aliphatic hydroxyl groups excluding tert-OH is 1. The molecule has 2 aliphatic carbocycles. The monoisotopic (exact) mass is 406 g/mol. The van der Waals surface area contributed by atoms with E-state index in [1.54, 1.807) is 7.11 Å². The van der Waals surface area contributed by atoms with E-state index in [4.69, 9.17) is 13.9 Å². The fourth-order valence-electron chi connectivity index (χ4n) is 4.51. The van der Waals surface area contributed by atoms with E-state index < -0.39 is 8.32 Å². The molecule has 2 saturated carbocycles. The van der Waals surface area contributed by atoms with Gasteiger partial charge in [-0.05, 0) is 61.7 Å². The zero-order valence-electron chi connectivity index (χ0n) is 18.4. The van der Waals surface area contributed by atoms with Crippen LogP contribution in [-0.2, 0) is 9.16 Å². The zero-order chi connectivity index (χ0) is 20.5. The molecule has 4 nitrogen and oxygen atoms in total. The van der Waals surface area contributed by atoms with Crippen molar-refractivity contribution in [1.29, 1.82) is 0 Å². The number of para-hydroxylation sites is 1. The lowest BCUT2D eigenvalue weighted by atomic mass is 10.0. The minimum absolute atomic E-state index is 0.108. The molecule has 5 atom stereocenters. The summed E-state index contributed by atoms with van der Waals surface area (Å²) in [5.74, 6) is 2.08. The Morgan fingerprint density at radius 3 is 2.25 bits per heavy atom. The Kier molecular flexibility index (Phi) is 6.60. The average molecular weight is 407 g/mol. The van der Waals surface area contributed by atoms with E-state index in [0.717, 1.165) is 37.0 Å². The normalized spacial score (nSPS) is 29.0. The Hall–Kier alpha value is -0.883. The number of fused-ring (bicyclic) bond motifs is 1. The molecule has 0 aromatic heterocycles. The van der Waals surface area contributed by atoms with Gasteiger partial charge >= 0.3 is 0 Å². The summed E-state index contributed by atoms with van der Waals surface area (Å²) in [6, 6.07) is 8.13. The highest BCUT2D eigenvalue weighted by Gasteiger charge is 2.43. The molecule has 0 saturated heterocycles. The Morgan fingerprint density at radius 1 is 1.07 bits per heavy atom. The summed E-state index contributed by atoms with van der Waals surface area (Å²) < 4.78 is 18.8. The number of methoxy groups -OCH3 is 1. The van der Waals surface area contributed by atoms with E-state index in [-0.39, 0.29) is 23.4 Å². The molecule has 2 aliphatic rings. The number of rotatable bonds is 7. The number of aliphatic hydroxyl groups is 1. The molecule has 1 aromatic rings. The van der Waals surface area contributed by atoms with E-state index >= 15 is 0 Å². The molecule has 5 heteroatoms. The van der Waals surface area contributed by atoms with E-state index in [1.165, 1.54) is 0 Å². The van der Waals surface area contributed by atoms with Crippen molar-refractivity contribution in [3.8, 4) is 5.75 Å². The van der Waals surface area contributed by atoms with E-state index in [0.29, 0.717) is 18.4 Å². The Labute approximate surface area is 171 Å². The second-order valence-electron chi connectivity index (χ2n) is 10.2. The summed E-state index contributed by atoms with van der Waals surface area (Å²) in [5.41, 5.74) is 1.07. The molecule has 0 heterocycles. The van der Waals surface area contributed by atoms with Crippen molar-refractivity contribution >= 4 is 8.32 Å². The van der Waals surface area contributed by atoms with Crippen LogP contribution in [0.15, 0.2) is 24.3 Å². The van der Waals surface area contributed by atoms with Crippen LogP contribution in [0, 0.1) is 11.8 Å². The van der Waals surface area contributed by atoms with E-state index in [1.807, 2.05) is 18.2 Å². The summed E-state index contributed by atoms with van der Waals surface area (Å²) in [4.78, 5) is 0. The lowest BCUT2D eigenvalue weighted by Gasteiger charge is -2.37. The van der Waals surface area contributed by atoms with Crippen molar-refractivity contribution in [2.75, 3.05) is 13.7 Å². The molecular formula is C23H38O4Si. The van der Waals surface area contributed by atoms with Gasteiger partial charge in [-0.15, -0.1) is 0 Å². The molecule has 3 unspecified atom stereocenters. The molecule has 2 fully saturated rings. The average Bonchev–Trinajstić information content (AvgIpc) is 3.14. The predicted molar refractivity (Wildman–Crippen MR) is 115 cm³/mol. The first-order valence-corrected chi connectivity index (χ1v) is 13.6. The Bertz CT molecular complexity index is 640. The summed E-state index contributed by atoms with van der Waals surface area (Å²) in [6.07, 6.45) is 3.97. The smallest absolute Gasteiger partial charge is 0.192 e. The lowest BCUT2D eigenvalue weighted by molar-refractivity contribution is -0.0404. The fourth-order valence-corrected chi connectivity index (χ4v) is 5.51. The van der Waals surface area contributed by atoms with Gasteiger partial charge in [0.05, 0.1) is 25.9 Å². The molecular weight excluding hydrogens is 368 g/mol. The third-order valence-corrected chi connectivity index (χ3v) is 11.7. The first-order valence-electron chi connectivity index (χ1n) is 10.7. The number of benzene rings is 1. The molecule has 158 valence electrons. The third-order valence-electron chi connectivity index (χ3n) is 7.19. The van der Waals surface area contributed by atoms with Gasteiger partial charge in [0.1, 0.15) is 11.9 Å². The van der Waals surface area contributed by atoms with Gasteiger partial charge in [0.15, 0.2) is 8.32 Å². The van der Waals surface area contributed by atoms with Gasteiger partial charge in [0.2, 0.25) is 0 Å². The molecule has 3 rings (SSSR count). The van der Waals surface area contributed by atoms with Crippen molar-refractivity contribution in [3.05, 3.63) is 29.8 Å². The van der Waals surface area contributed by atoms with Crippen molar-refractivity contribution in [2.24, 2.45) is 11.8 Å². The van der Waals surface area contributed by atoms with Gasteiger partial charge in [-0.25, -0.2) is 0 Å². The van der Waals surface area contributed by atoms with Crippen molar-refractivity contribution in [3.63, 3.8) is 0 Å². The largest absolute Gasteiger partial charge is 0.496 e. The van der Waals surface area contributed by atoms with Gasteiger partial charge in [0, 0.05) is 5.56 Å². The minimum atomic E-state index is -1.87. The summed E-state index contributed by atoms with van der Waals surface area (Å²) >= 11 is 0.